The highest BCUT2D eigenvalue weighted by molar-refractivity contribution is 6.34. The Morgan fingerprint density at radius 3 is 2.42 bits per heavy atom. The molecule has 0 radical (unpaired) electrons. The summed E-state index contributed by atoms with van der Waals surface area (Å²) in [6.07, 6.45) is 1.41. The summed E-state index contributed by atoms with van der Waals surface area (Å²) in [5.41, 5.74) is -0.00654. The van der Waals surface area contributed by atoms with E-state index in [0.717, 1.165) is 26.3 Å². The number of halogens is 4. The van der Waals surface area contributed by atoms with Crippen molar-refractivity contribution in [3.05, 3.63) is 90.3 Å². The molecule has 0 saturated carbocycles. The van der Waals surface area contributed by atoms with Gasteiger partial charge in [0.15, 0.2) is 5.82 Å². The van der Waals surface area contributed by atoms with Crippen molar-refractivity contribution in [3.63, 3.8) is 0 Å². The second kappa shape index (κ2) is 9.65. The Morgan fingerprint density at radius 1 is 0.947 bits per heavy atom. The molecule has 0 spiro atoms. The first-order valence-corrected chi connectivity index (χ1v) is 11.9. The van der Waals surface area contributed by atoms with Crippen LogP contribution in [0.5, 0.6) is 0 Å². The van der Waals surface area contributed by atoms with E-state index in [1.165, 1.54) is 11.0 Å². The highest BCUT2D eigenvalue weighted by Gasteiger charge is 2.19. The zero-order valence-corrected chi connectivity index (χ0v) is 21.7. The molecule has 38 heavy (non-hydrogen) atoms. The SMILES string of the molecule is Cc1c2cc(Nc3nc(=O)n(Cc4ncn(C)n4)c(=O)n3Cc3cc(Cl)c(F)cc3F)c(Cl)cc2nn1C. The van der Waals surface area contributed by atoms with Gasteiger partial charge in [0.25, 0.3) is 0 Å². The number of rotatable bonds is 6. The van der Waals surface area contributed by atoms with Crippen LogP contribution in [0, 0.1) is 18.6 Å². The molecule has 0 aliphatic heterocycles. The van der Waals surface area contributed by atoms with Crippen molar-refractivity contribution in [3.8, 4) is 0 Å². The Hall–Kier alpha value is -4.10. The fourth-order valence-corrected chi connectivity index (χ4v) is 4.31. The topological polar surface area (TPSA) is 117 Å². The Bertz CT molecular complexity index is 1840. The van der Waals surface area contributed by atoms with E-state index >= 15 is 0 Å². The van der Waals surface area contributed by atoms with Gasteiger partial charge < -0.3 is 5.32 Å². The van der Waals surface area contributed by atoms with Crippen LogP contribution >= 0.6 is 23.2 Å². The number of aryl methyl sites for hydroxylation is 3. The van der Waals surface area contributed by atoms with Gasteiger partial charge in [-0.1, -0.05) is 23.2 Å². The van der Waals surface area contributed by atoms with Crippen molar-refractivity contribution in [2.75, 3.05) is 5.32 Å². The third-order valence-corrected chi connectivity index (χ3v) is 6.58. The molecule has 0 bridgehead atoms. The van der Waals surface area contributed by atoms with E-state index in [2.05, 4.69) is 25.5 Å². The van der Waals surface area contributed by atoms with Gasteiger partial charge >= 0.3 is 11.4 Å². The Labute approximate surface area is 222 Å². The van der Waals surface area contributed by atoms with Crippen LogP contribution in [0.1, 0.15) is 17.1 Å². The van der Waals surface area contributed by atoms with Gasteiger partial charge in [0.05, 0.1) is 34.3 Å². The minimum atomic E-state index is -0.949. The van der Waals surface area contributed by atoms with Gasteiger partial charge in [0.2, 0.25) is 5.95 Å². The van der Waals surface area contributed by atoms with E-state index in [4.69, 9.17) is 23.2 Å². The number of hydrogen-bond donors (Lipinski definition) is 1. The first kappa shape index (κ1) is 25.5. The van der Waals surface area contributed by atoms with Crippen LogP contribution in [0.2, 0.25) is 10.0 Å². The summed E-state index contributed by atoms with van der Waals surface area (Å²) in [6.45, 7) is 1.16. The second-order valence-corrected chi connectivity index (χ2v) is 9.36. The maximum absolute atomic E-state index is 14.6. The standard InChI is InChI=1S/C23H19Cl2F2N9O2/c1-11-13-5-19(15(25)6-18(13)31-34(11)3)29-21-30-22(37)36(9-20-28-10-33(2)32-20)23(38)35(21)8-12-4-14(24)17(27)7-16(12)26/h4-7,10H,8-9H2,1-3H3,(H,29,30,37). The van der Waals surface area contributed by atoms with Crippen molar-refractivity contribution < 1.29 is 8.78 Å². The Kier molecular flexibility index (Phi) is 6.49. The zero-order valence-electron chi connectivity index (χ0n) is 20.2. The minimum absolute atomic E-state index is 0.103. The van der Waals surface area contributed by atoms with Gasteiger partial charge in [-0.15, -0.1) is 0 Å². The quantitative estimate of drug-likeness (QED) is 0.316. The highest BCUT2D eigenvalue weighted by Crippen LogP contribution is 2.31. The van der Waals surface area contributed by atoms with E-state index in [-0.39, 0.29) is 33.9 Å². The number of benzene rings is 2. The third-order valence-electron chi connectivity index (χ3n) is 5.98. The van der Waals surface area contributed by atoms with Crippen LogP contribution in [0.4, 0.5) is 20.4 Å². The van der Waals surface area contributed by atoms with Crippen molar-refractivity contribution in [2.45, 2.75) is 20.0 Å². The molecule has 3 aromatic heterocycles. The fourth-order valence-electron chi connectivity index (χ4n) is 3.92. The molecule has 2 aromatic carbocycles. The van der Waals surface area contributed by atoms with Gasteiger partial charge in [-0.25, -0.2) is 27.9 Å². The lowest BCUT2D eigenvalue weighted by Crippen LogP contribution is -2.43. The molecule has 0 atom stereocenters. The lowest BCUT2D eigenvalue weighted by atomic mass is 10.2. The van der Waals surface area contributed by atoms with E-state index in [0.29, 0.717) is 17.3 Å². The van der Waals surface area contributed by atoms with Crippen LogP contribution in [-0.4, -0.2) is 38.7 Å². The summed E-state index contributed by atoms with van der Waals surface area (Å²) < 4.78 is 33.3. The predicted octanol–water partition coefficient (Wildman–Crippen LogP) is 3.15. The molecule has 15 heteroatoms. The molecule has 0 amide bonds. The van der Waals surface area contributed by atoms with Gasteiger partial charge in [-0.3, -0.25) is 13.9 Å². The van der Waals surface area contributed by atoms with Crippen molar-refractivity contribution in [1.29, 1.82) is 0 Å². The number of aromatic nitrogens is 8. The molecule has 1 N–H and O–H groups in total. The molecule has 196 valence electrons. The number of nitrogens with zero attached hydrogens (tertiary/aromatic N) is 8. The summed E-state index contributed by atoms with van der Waals surface area (Å²) in [6, 6.07) is 5.01. The molecule has 11 nitrogen and oxygen atoms in total. The molecule has 0 unspecified atom stereocenters. The van der Waals surface area contributed by atoms with E-state index in [1.54, 1.807) is 30.9 Å². The van der Waals surface area contributed by atoms with Crippen LogP contribution in [0.3, 0.4) is 0 Å². The normalized spacial score (nSPS) is 11.4. The zero-order chi connectivity index (χ0) is 27.3. The number of hydrogen-bond acceptors (Lipinski definition) is 7. The monoisotopic (exact) mass is 561 g/mol. The third kappa shape index (κ3) is 4.65. The van der Waals surface area contributed by atoms with Gasteiger partial charge in [0, 0.05) is 36.8 Å². The first-order valence-electron chi connectivity index (χ1n) is 11.1. The Balaban J connectivity index is 1.66. The molecule has 0 aliphatic rings. The summed E-state index contributed by atoms with van der Waals surface area (Å²) in [5, 5.41) is 12.1. The van der Waals surface area contributed by atoms with Crippen LogP contribution in [-0.2, 0) is 27.2 Å². The van der Waals surface area contributed by atoms with E-state index < -0.39 is 29.6 Å². The van der Waals surface area contributed by atoms with Gasteiger partial charge in [-0.05, 0) is 25.1 Å². The number of nitrogens with one attached hydrogen (secondary N) is 1. The smallest absolute Gasteiger partial charge is 0.324 e. The van der Waals surface area contributed by atoms with Crippen molar-refractivity contribution in [1.82, 2.24) is 38.7 Å². The molecular formula is C23H19Cl2F2N9O2. The molecular weight excluding hydrogens is 543 g/mol. The molecule has 0 saturated heterocycles. The van der Waals surface area contributed by atoms with Gasteiger partial charge in [-0.2, -0.15) is 15.2 Å². The van der Waals surface area contributed by atoms with Crippen molar-refractivity contribution in [2.24, 2.45) is 14.1 Å². The van der Waals surface area contributed by atoms with Crippen LogP contribution in [0.15, 0.2) is 40.2 Å². The van der Waals surface area contributed by atoms with Crippen molar-refractivity contribution >= 4 is 45.7 Å². The fraction of sp³-hybridized carbons (Fsp3) is 0.217. The molecule has 3 heterocycles. The minimum Gasteiger partial charge on any atom is -0.324 e. The summed E-state index contributed by atoms with van der Waals surface area (Å²) >= 11 is 12.3. The van der Waals surface area contributed by atoms with E-state index in [1.807, 2.05) is 6.92 Å². The molecule has 5 rings (SSSR count). The number of anilines is 2. The number of fused-ring (bicyclic) bond motifs is 1. The van der Waals surface area contributed by atoms with E-state index in [9.17, 15) is 18.4 Å². The lowest BCUT2D eigenvalue weighted by molar-refractivity contribution is 0.544. The first-order chi connectivity index (χ1) is 18.0. The molecule has 5 aromatic rings. The maximum Gasteiger partial charge on any atom is 0.355 e. The Morgan fingerprint density at radius 2 is 1.71 bits per heavy atom. The summed E-state index contributed by atoms with van der Waals surface area (Å²) in [5.74, 6) is -1.90. The molecule has 0 aliphatic carbocycles. The van der Waals surface area contributed by atoms with Crippen LogP contribution in [0.25, 0.3) is 10.9 Å². The van der Waals surface area contributed by atoms with Crippen LogP contribution < -0.4 is 16.7 Å². The average Bonchev–Trinajstić information content (AvgIpc) is 3.39. The summed E-state index contributed by atoms with van der Waals surface area (Å²) in [7, 11) is 3.42. The predicted molar refractivity (Wildman–Crippen MR) is 137 cm³/mol. The molecule has 0 fully saturated rings. The lowest BCUT2D eigenvalue weighted by Gasteiger charge is -2.16. The maximum atomic E-state index is 14.6. The summed E-state index contributed by atoms with van der Waals surface area (Å²) in [4.78, 5) is 34.5. The highest BCUT2D eigenvalue weighted by atomic mass is 35.5. The van der Waals surface area contributed by atoms with Gasteiger partial charge in [0.1, 0.15) is 18.0 Å². The second-order valence-electron chi connectivity index (χ2n) is 8.55. The average molecular weight is 562 g/mol. The largest absolute Gasteiger partial charge is 0.355 e.